The Morgan fingerprint density at radius 2 is 1.41 bits per heavy atom. The van der Waals surface area contributed by atoms with Gasteiger partial charge in [0.05, 0.1) is 29.4 Å². The van der Waals surface area contributed by atoms with Crippen LogP contribution in [0.5, 0.6) is 0 Å². The summed E-state index contributed by atoms with van der Waals surface area (Å²) in [5.74, 6) is -0.815. The maximum atomic E-state index is 12.3. The average molecular weight is 428 g/mol. The van der Waals surface area contributed by atoms with Gasteiger partial charge in [-0.2, -0.15) is 0 Å². The van der Waals surface area contributed by atoms with E-state index < -0.39 is 17.0 Å². The number of aromatic amines is 2. The van der Waals surface area contributed by atoms with Crippen molar-refractivity contribution in [3.63, 3.8) is 0 Å². The van der Waals surface area contributed by atoms with Crippen LogP contribution in [0.1, 0.15) is 5.56 Å². The second kappa shape index (κ2) is 9.13. The molecule has 0 aliphatic carbocycles. The summed E-state index contributed by atoms with van der Waals surface area (Å²) in [5.41, 5.74) is 2.17. The highest BCUT2D eigenvalue weighted by Crippen LogP contribution is 2.19. The van der Waals surface area contributed by atoms with Crippen molar-refractivity contribution in [3.05, 3.63) is 99.1 Å². The number of amides is 2. The predicted molar refractivity (Wildman–Crippen MR) is 122 cm³/mol. The van der Waals surface area contributed by atoms with Gasteiger partial charge in [-0.1, -0.05) is 60.7 Å². The summed E-state index contributed by atoms with van der Waals surface area (Å²) in [6.07, 6.45) is 0.131. The predicted octanol–water partition coefficient (Wildman–Crippen LogP) is 2.18. The first kappa shape index (κ1) is 20.8. The number of hydrogen-bond donors (Lipinski definition) is 4. The smallest absolute Gasteiger partial charge is 0.272 e. The molecule has 4 N–H and O–H groups in total. The van der Waals surface area contributed by atoms with Crippen LogP contribution in [0.2, 0.25) is 0 Å². The Bertz CT molecular complexity index is 1390. The molecule has 4 aromatic rings. The molecule has 3 aromatic carbocycles. The highest BCUT2D eigenvalue weighted by Gasteiger charge is 2.12. The van der Waals surface area contributed by atoms with Crippen LogP contribution in [0.4, 0.5) is 5.69 Å². The Balaban J connectivity index is 1.35. The lowest BCUT2D eigenvalue weighted by atomic mass is 10.0. The third kappa shape index (κ3) is 4.65. The van der Waals surface area contributed by atoms with Crippen molar-refractivity contribution in [1.29, 1.82) is 0 Å². The molecular weight excluding hydrogens is 408 g/mol. The molecule has 8 heteroatoms. The van der Waals surface area contributed by atoms with Gasteiger partial charge in [-0.25, -0.2) is 0 Å². The van der Waals surface area contributed by atoms with E-state index in [9.17, 15) is 19.2 Å². The highest BCUT2D eigenvalue weighted by atomic mass is 16.2. The SMILES string of the molecule is O=C(Cc1ccc(-c2ccccc2)cc1)NCC(=O)Nc1cccc2c(=O)[nH][nH]c(=O)c12. The van der Waals surface area contributed by atoms with E-state index in [0.717, 1.165) is 16.7 Å². The lowest BCUT2D eigenvalue weighted by Crippen LogP contribution is -2.34. The molecule has 0 atom stereocenters. The normalized spacial score (nSPS) is 10.6. The molecule has 1 heterocycles. The zero-order valence-corrected chi connectivity index (χ0v) is 17.0. The number of carbonyl (C=O) groups excluding carboxylic acids is 2. The monoisotopic (exact) mass is 428 g/mol. The highest BCUT2D eigenvalue weighted by molar-refractivity contribution is 6.02. The molecule has 0 spiro atoms. The Hall–Kier alpha value is -4.46. The number of aromatic nitrogens is 2. The van der Waals surface area contributed by atoms with Crippen LogP contribution in [0.3, 0.4) is 0 Å². The van der Waals surface area contributed by atoms with Gasteiger partial charge in [0.2, 0.25) is 11.8 Å². The Labute approximate surface area is 182 Å². The van der Waals surface area contributed by atoms with E-state index in [4.69, 9.17) is 0 Å². The second-order valence-corrected chi connectivity index (χ2v) is 7.20. The number of rotatable bonds is 6. The number of fused-ring (bicyclic) bond motifs is 1. The van der Waals surface area contributed by atoms with Crippen LogP contribution in [-0.4, -0.2) is 28.6 Å². The number of benzene rings is 3. The first-order chi connectivity index (χ1) is 15.5. The molecule has 2 amide bonds. The van der Waals surface area contributed by atoms with Gasteiger partial charge in [-0.15, -0.1) is 0 Å². The van der Waals surface area contributed by atoms with Crippen molar-refractivity contribution >= 4 is 28.3 Å². The topological polar surface area (TPSA) is 124 Å². The molecule has 0 unspecified atom stereocenters. The van der Waals surface area contributed by atoms with E-state index in [1.165, 1.54) is 12.1 Å². The van der Waals surface area contributed by atoms with Gasteiger partial charge in [0.1, 0.15) is 0 Å². The zero-order valence-electron chi connectivity index (χ0n) is 17.0. The standard InChI is InChI=1S/C24H20N4O4/c29-20(13-15-9-11-17(12-10-15)16-5-2-1-3-6-16)25-14-21(30)26-19-8-4-7-18-22(19)24(32)28-27-23(18)31/h1-12H,13-14H2,(H,25,29)(H,26,30)(H,27,31)(H,28,32). The summed E-state index contributed by atoms with van der Waals surface area (Å²) in [5, 5.41) is 9.85. The fraction of sp³-hybridized carbons (Fsp3) is 0.0833. The largest absolute Gasteiger partial charge is 0.347 e. The fourth-order valence-electron chi connectivity index (χ4n) is 3.40. The molecule has 1 aromatic heterocycles. The van der Waals surface area contributed by atoms with Crippen molar-refractivity contribution < 1.29 is 9.59 Å². The number of hydrogen-bond acceptors (Lipinski definition) is 4. The van der Waals surface area contributed by atoms with Crippen LogP contribution in [-0.2, 0) is 16.0 Å². The molecule has 0 aliphatic heterocycles. The molecule has 0 aliphatic rings. The lowest BCUT2D eigenvalue weighted by molar-refractivity contribution is -0.123. The summed E-state index contributed by atoms with van der Waals surface area (Å²) in [7, 11) is 0. The number of carbonyl (C=O) groups is 2. The molecule has 32 heavy (non-hydrogen) atoms. The molecule has 0 saturated carbocycles. The van der Waals surface area contributed by atoms with Gasteiger partial charge < -0.3 is 10.6 Å². The Morgan fingerprint density at radius 3 is 2.16 bits per heavy atom. The van der Waals surface area contributed by atoms with E-state index in [-0.39, 0.29) is 35.3 Å². The van der Waals surface area contributed by atoms with Crippen LogP contribution in [0, 0.1) is 0 Å². The van der Waals surface area contributed by atoms with E-state index in [0.29, 0.717) is 0 Å². The summed E-state index contributed by atoms with van der Waals surface area (Å²) >= 11 is 0. The molecular formula is C24H20N4O4. The molecule has 160 valence electrons. The van der Waals surface area contributed by atoms with Crippen molar-refractivity contribution in [2.45, 2.75) is 6.42 Å². The number of nitrogens with one attached hydrogen (secondary N) is 4. The molecule has 0 radical (unpaired) electrons. The molecule has 0 saturated heterocycles. The fourth-order valence-corrected chi connectivity index (χ4v) is 3.40. The maximum absolute atomic E-state index is 12.3. The van der Waals surface area contributed by atoms with E-state index in [1.807, 2.05) is 54.6 Å². The first-order valence-electron chi connectivity index (χ1n) is 9.96. The molecule has 8 nitrogen and oxygen atoms in total. The molecule has 4 rings (SSSR count). The Kier molecular flexibility index (Phi) is 5.94. The summed E-state index contributed by atoms with van der Waals surface area (Å²) in [4.78, 5) is 48.5. The van der Waals surface area contributed by atoms with Gasteiger partial charge in [-0.05, 0) is 28.8 Å². The third-order valence-corrected chi connectivity index (χ3v) is 4.97. The van der Waals surface area contributed by atoms with Crippen LogP contribution < -0.4 is 21.8 Å². The van der Waals surface area contributed by atoms with E-state index in [2.05, 4.69) is 20.8 Å². The van der Waals surface area contributed by atoms with Crippen LogP contribution in [0.15, 0.2) is 82.4 Å². The van der Waals surface area contributed by atoms with Gasteiger partial charge in [0.15, 0.2) is 0 Å². The minimum absolute atomic E-state index is 0.0782. The van der Waals surface area contributed by atoms with E-state index >= 15 is 0 Å². The van der Waals surface area contributed by atoms with Crippen molar-refractivity contribution in [1.82, 2.24) is 15.5 Å². The number of anilines is 1. The van der Waals surface area contributed by atoms with Crippen molar-refractivity contribution in [2.24, 2.45) is 0 Å². The summed E-state index contributed by atoms with van der Waals surface area (Å²) in [6.45, 7) is -0.265. The van der Waals surface area contributed by atoms with Gasteiger partial charge >= 0.3 is 0 Å². The van der Waals surface area contributed by atoms with Gasteiger partial charge in [-0.3, -0.25) is 29.4 Å². The second-order valence-electron chi connectivity index (χ2n) is 7.20. The number of H-pyrrole nitrogens is 2. The summed E-state index contributed by atoms with van der Waals surface area (Å²) < 4.78 is 0. The van der Waals surface area contributed by atoms with Gasteiger partial charge in [0, 0.05) is 0 Å². The minimum Gasteiger partial charge on any atom is -0.347 e. The molecule has 0 bridgehead atoms. The minimum atomic E-state index is -0.529. The maximum Gasteiger partial charge on any atom is 0.272 e. The summed E-state index contributed by atoms with van der Waals surface area (Å²) in [6, 6.07) is 22.1. The lowest BCUT2D eigenvalue weighted by Gasteiger charge is -2.09. The quantitative estimate of drug-likeness (QED) is 0.376. The van der Waals surface area contributed by atoms with Crippen molar-refractivity contribution in [3.8, 4) is 11.1 Å². The third-order valence-electron chi connectivity index (χ3n) is 4.97. The first-order valence-corrected chi connectivity index (χ1v) is 9.96. The van der Waals surface area contributed by atoms with Crippen molar-refractivity contribution in [2.75, 3.05) is 11.9 Å². The molecule has 0 fully saturated rings. The van der Waals surface area contributed by atoms with Crippen LogP contribution in [0.25, 0.3) is 21.9 Å². The average Bonchev–Trinajstić information content (AvgIpc) is 2.81. The van der Waals surface area contributed by atoms with Crippen LogP contribution >= 0.6 is 0 Å². The van der Waals surface area contributed by atoms with Gasteiger partial charge in [0.25, 0.3) is 11.1 Å². The Morgan fingerprint density at radius 1 is 0.719 bits per heavy atom. The van der Waals surface area contributed by atoms with E-state index in [1.54, 1.807) is 6.07 Å². The zero-order chi connectivity index (χ0) is 22.5.